The van der Waals surface area contributed by atoms with Gasteiger partial charge >= 0.3 is 0 Å². The average Bonchev–Trinajstić information content (AvgIpc) is 2.88. The zero-order valence-corrected chi connectivity index (χ0v) is 13.9. The Labute approximate surface area is 139 Å². The van der Waals surface area contributed by atoms with Gasteiger partial charge in [0.15, 0.2) is 0 Å². The van der Waals surface area contributed by atoms with Crippen LogP contribution in [0, 0.1) is 13.8 Å². The Bertz CT molecular complexity index is 842. The first kappa shape index (κ1) is 15.5. The summed E-state index contributed by atoms with van der Waals surface area (Å²) in [6.45, 7) is 4.33. The van der Waals surface area contributed by atoms with Crippen LogP contribution in [0.5, 0.6) is 5.75 Å². The van der Waals surface area contributed by atoms with E-state index in [2.05, 4.69) is 10.3 Å². The fourth-order valence-electron chi connectivity index (χ4n) is 2.31. The summed E-state index contributed by atoms with van der Waals surface area (Å²) in [7, 11) is 0. The van der Waals surface area contributed by atoms with E-state index >= 15 is 0 Å². The standard InChI is InChI=1S/C18H18N2O2S/c1-12-5-3-4-6-16(12)22-10-9-18(21)20-14-7-8-15-17(11-14)23-13(2)19-15/h3-8,11H,9-10H2,1-2H3,(H,20,21). The number of aromatic nitrogens is 1. The first-order chi connectivity index (χ1) is 11.1. The first-order valence-electron chi connectivity index (χ1n) is 7.47. The number of nitrogens with one attached hydrogen (secondary N) is 1. The molecule has 1 aromatic heterocycles. The molecule has 23 heavy (non-hydrogen) atoms. The summed E-state index contributed by atoms with van der Waals surface area (Å²) >= 11 is 1.62. The van der Waals surface area contributed by atoms with Gasteiger partial charge in [0.1, 0.15) is 5.75 Å². The Hall–Kier alpha value is -2.40. The van der Waals surface area contributed by atoms with Crippen LogP contribution in [0.2, 0.25) is 0 Å². The minimum Gasteiger partial charge on any atom is -0.493 e. The lowest BCUT2D eigenvalue weighted by Crippen LogP contribution is -2.15. The van der Waals surface area contributed by atoms with Crippen molar-refractivity contribution in [3.05, 3.63) is 53.0 Å². The minimum absolute atomic E-state index is 0.0563. The summed E-state index contributed by atoms with van der Waals surface area (Å²) in [5, 5.41) is 3.93. The van der Waals surface area contributed by atoms with Crippen LogP contribution in [0.4, 0.5) is 5.69 Å². The maximum Gasteiger partial charge on any atom is 0.227 e. The zero-order chi connectivity index (χ0) is 16.2. The van der Waals surface area contributed by atoms with Crippen LogP contribution >= 0.6 is 11.3 Å². The van der Waals surface area contributed by atoms with Crippen LogP contribution in [0.1, 0.15) is 17.0 Å². The smallest absolute Gasteiger partial charge is 0.227 e. The fourth-order valence-corrected chi connectivity index (χ4v) is 3.18. The third-order valence-corrected chi connectivity index (χ3v) is 4.39. The quantitative estimate of drug-likeness (QED) is 0.759. The van der Waals surface area contributed by atoms with E-state index in [1.165, 1.54) is 0 Å². The van der Waals surface area contributed by atoms with Gasteiger partial charge in [-0.3, -0.25) is 4.79 Å². The van der Waals surface area contributed by atoms with Crippen LogP contribution in [-0.2, 0) is 4.79 Å². The van der Waals surface area contributed by atoms with Crippen LogP contribution in [0.15, 0.2) is 42.5 Å². The van der Waals surface area contributed by atoms with E-state index in [4.69, 9.17) is 4.74 Å². The number of nitrogens with zero attached hydrogens (tertiary/aromatic N) is 1. The molecule has 118 valence electrons. The number of fused-ring (bicyclic) bond motifs is 1. The van der Waals surface area contributed by atoms with Crippen molar-refractivity contribution < 1.29 is 9.53 Å². The van der Waals surface area contributed by atoms with Crippen molar-refractivity contribution in [3.63, 3.8) is 0 Å². The molecule has 3 rings (SSSR count). The largest absolute Gasteiger partial charge is 0.493 e. The number of hydrogen-bond acceptors (Lipinski definition) is 4. The Kier molecular flexibility index (Phi) is 4.57. The molecular weight excluding hydrogens is 308 g/mol. The molecule has 0 aliphatic rings. The van der Waals surface area contributed by atoms with Crippen molar-refractivity contribution >= 4 is 33.1 Å². The van der Waals surface area contributed by atoms with E-state index in [0.717, 1.165) is 32.2 Å². The summed E-state index contributed by atoms with van der Waals surface area (Å²) in [4.78, 5) is 16.4. The lowest BCUT2D eigenvalue weighted by molar-refractivity contribution is -0.116. The molecule has 0 saturated heterocycles. The van der Waals surface area contributed by atoms with E-state index in [0.29, 0.717) is 13.0 Å². The van der Waals surface area contributed by atoms with Gasteiger partial charge in [-0.2, -0.15) is 0 Å². The zero-order valence-electron chi connectivity index (χ0n) is 13.1. The molecule has 0 bridgehead atoms. The molecular formula is C18H18N2O2S. The SMILES string of the molecule is Cc1nc2ccc(NC(=O)CCOc3ccccc3C)cc2s1. The van der Waals surface area contributed by atoms with Gasteiger partial charge in [-0.1, -0.05) is 18.2 Å². The highest BCUT2D eigenvalue weighted by Crippen LogP contribution is 2.24. The summed E-state index contributed by atoms with van der Waals surface area (Å²) < 4.78 is 6.73. The second kappa shape index (κ2) is 6.79. The highest BCUT2D eigenvalue weighted by atomic mass is 32.1. The lowest BCUT2D eigenvalue weighted by atomic mass is 10.2. The molecule has 0 fully saturated rings. The maximum absolute atomic E-state index is 12.0. The van der Waals surface area contributed by atoms with Crippen molar-refractivity contribution in [3.8, 4) is 5.75 Å². The first-order valence-corrected chi connectivity index (χ1v) is 8.29. The molecule has 0 radical (unpaired) electrons. The Morgan fingerprint density at radius 1 is 1.22 bits per heavy atom. The van der Waals surface area contributed by atoms with Gasteiger partial charge in [-0.05, 0) is 43.7 Å². The number of carbonyl (C=O) groups is 1. The molecule has 4 nitrogen and oxygen atoms in total. The average molecular weight is 326 g/mol. The second-order valence-corrected chi connectivity index (χ2v) is 6.56. The predicted molar refractivity (Wildman–Crippen MR) is 94.3 cm³/mol. The summed E-state index contributed by atoms with van der Waals surface area (Å²) in [6.07, 6.45) is 0.314. The molecule has 2 aromatic carbocycles. The second-order valence-electron chi connectivity index (χ2n) is 5.33. The van der Waals surface area contributed by atoms with Gasteiger partial charge in [0, 0.05) is 5.69 Å². The lowest BCUT2D eigenvalue weighted by Gasteiger charge is -2.09. The van der Waals surface area contributed by atoms with Crippen LogP contribution < -0.4 is 10.1 Å². The number of hydrogen-bond donors (Lipinski definition) is 1. The number of rotatable bonds is 5. The van der Waals surface area contributed by atoms with Gasteiger partial charge < -0.3 is 10.1 Å². The topological polar surface area (TPSA) is 51.2 Å². The summed E-state index contributed by atoms with van der Waals surface area (Å²) in [5.41, 5.74) is 2.83. The molecule has 0 atom stereocenters. The minimum atomic E-state index is -0.0563. The molecule has 1 N–H and O–H groups in total. The third-order valence-electron chi connectivity index (χ3n) is 3.46. The van der Waals surface area contributed by atoms with Crippen LogP contribution in [0.25, 0.3) is 10.2 Å². The molecule has 0 saturated carbocycles. The van der Waals surface area contributed by atoms with Gasteiger partial charge in [0.25, 0.3) is 0 Å². The van der Waals surface area contributed by atoms with Gasteiger partial charge in [-0.15, -0.1) is 11.3 Å². The molecule has 0 aliphatic heterocycles. The van der Waals surface area contributed by atoms with Crippen LogP contribution in [-0.4, -0.2) is 17.5 Å². The Morgan fingerprint density at radius 3 is 2.87 bits per heavy atom. The highest BCUT2D eigenvalue weighted by Gasteiger charge is 2.06. The molecule has 1 heterocycles. The van der Waals surface area contributed by atoms with Crippen LogP contribution in [0.3, 0.4) is 0 Å². The number of carbonyl (C=O) groups excluding carboxylic acids is 1. The van der Waals surface area contributed by atoms with E-state index in [1.54, 1.807) is 11.3 Å². The molecule has 0 aliphatic carbocycles. The maximum atomic E-state index is 12.0. The normalized spacial score (nSPS) is 10.7. The Morgan fingerprint density at radius 2 is 2.04 bits per heavy atom. The Balaban J connectivity index is 1.55. The summed E-state index contributed by atoms with van der Waals surface area (Å²) in [6, 6.07) is 13.6. The van der Waals surface area contributed by atoms with E-state index < -0.39 is 0 Å². The number of benzene rings is 2. The van der Waals surface area contributed by atoms with E-state index in [9.17, 15) is 4.79 Å². The highest BCUT2D eigenvalue weighted by molar-refractivity contribution is 7.18. The number of thiazole rings is 1. The van der Waals surface area contributed by atoms with E-state index in [-0.39, 0.29) is 5.91 Å². The number of ether oxygens (including phenoxy) is 1. The van der Waals surface area contributed by atoms with E-state index in [1.807, 2.05) is 56.3 Å². The number of para-hydroxylation sites is 1. The van der Waals surface area contributed by atoms with Crippen molar-refractivity contribution in [2.45, 2.75) is 20.3 Å². The van der Waals surface area contributed by atoms with Crippen molar-refractivity contribution in [2.75, 3.05) is 11.9 Å². The third kappa shape index (κ3) is 3.87. The molecule has 5 heteroatoms. The molecule has 0 unspecified atom stereocenters. The fraction of sp³-hybridized carbons (Fsp3) is 0.222. The predicted octanol–water partition coefficient (Wildman–Crippen LogP) is 4.32. The van der Waals surface area contributed by atoms with Crippen molar-refractivity contribution in [1.29, 1.82) is 0 Å². The number of anilines is 1. The number of amides is 1. The van der Waals surface area contributed by atoms with Crippen molar-refractivity contribution in [1.82, 2.24) is 4.98 Å². The number of aryl methyl sites for hydroxylation is 2. The summed E-state index contributed by atoms with van der Waals surface area (Å²) in [5.74, 6) is 0.765. The molecule has 3 aromatic rings. The molecule has 0 spiro atoms. The van der Waals surface area contributed by atoms with Gasteiger partial charge in [0.2, 0.25) is 5.91 Å². The van der Waals surface area contributed by atoms with Gasteiger partial charge in [0.05, 0.1) is 28.3 Å². The monoisotopic (exact) mass is 326 g/mol. The molecule has 1 amide bonds. The van der Waals surface area contributed by atoms with Gasteiger partial charge in [-0.25, -0.2) is 4.98 Å². The van der Waals surface area contributed by atoms with Crippen molar-refractivity contribution in [2.24, 2.45) is 0 Å².